The molecule has 3 rings (SSSR count). The Morgan fingerprint density at radius 2 is 1.96 bits per heavy atom. The van der Waals surface area contributed by atoms with Crippen molar-refractivity contribution in [2.45, 2.75) is 0 Å². The first-order chi connectivity index (χ1) is 13.1. The maximum atomic E-state index is 12.5. The zero-order valence-corrected chi connectivity index (χ0v) is 15.5. The second-order valence-corrected chi connectivity index (χ2v) is 6.61. The van der Waals surface area contributed by atoms with Crippen LogP contribution in [0.1, 0.15) is 21.0 Å². The summed E-state index contributed by atoms with van der Waals surface area (Å²) >= 11 is 7.48. The topological polar surface area (TPSA) is 83.7 Å². The van der Waals surface area contributed by atoms with Gasteiger partial charge in [0.2, 0.25) is 0 Å². The average molecular weight is 400 g/mol. The Hall–Kier alpha value is -3.16. The molecule has 0 bridgehead atoms. The maximum absolute atomic E-state index is 12.5. The molecule has 0 saturated heterocycles. The van der Waals surface area contributed by atoms with Gasteiger partial charge in [-0.05, 0) is 41.8 Å². The van der Waals surface area contributed by atoms with E-state index in [-0.39, 0.29) is 11.3 Å². The summed E-state index contributed by atoms with van der Waals surface area (Å²) in [4.78, 5) is 25.8. The second kappa shape index (κ2) is 8.98. The van der Waals surface area contributed by atoms with Gasteiger partial charge in [-0.2, -0.15) is 5.10 Å². The Morgan fingerprint density at radius 3 is 2.67 bits per heavy atom. The minimum absolute atomic E-state index is 0.0407. The predicted octanol–water partition coefficient (Wildman–Crippen LogP) is 3.92. The molecule has 136 valence electrons. The number of hydrogen-bond donors (Lipinski definition) is 2. The first-order valence-corrected chi connectivity index (χ1v) is 9.07. The number of carbonyl (C=O) groups is 2. The molecule has 27 heavy (non-hydrogen) atoms. The third-order valence-electron chi connectivity index (χ3n) is 3.34. The van der Waals surface area contributed by atoms with Crippen LogP contribution >= 0.6 is 22.9 Å². The number of carbonyl (C=O) groups excluding carboxylic acids is 2. The number of rotatable bonds is 6. The van der Waals surface area contributed by atoms with Gasteiger partial charge in [-0.15, -0.1) is 11.3 Å². The SMILES string of the molecule is O=C(N/N=C/c1ccco1)/C(=C\c1cccs1)NC(=O)c1ccccc1Cl. The van der Waals surface area contributed by atoms with Gasteiger partial charge in [-0.1, -0.05) is 29.8 Å². The van der Waals surface area contributed by atoms with Crippen LogP contribution in [0, 0.1) is 0 Å². The molecule has 0 aliphatic carbocycles. The van der Waals surface area contributed by atoms with Crippen molar-refractivity contribution in [3.8, 4) is 0 Å². The zero-order valence-electron chi connectivity index (χ0n) is 13.9. The van der Waals surface area contributed by atoms with Crippen LogP contribution in [0.3, 0.4) is 0 Å². The van der Waals surface area contributed by atoms with Gasteiger partial charge in [-0.3, -0.25) is 9.59 Å². The highest BCUT2D eigenvalue weighted by molar-refractivity contribution is 7.10. The van der Waals surface area contributed by atoms with E-state index in [4.69, 9.17) is 16.0 Å². The summed E-state index contributed by atoms with van der Waals surface area (Å²) in [5.41, 5.74) is 2.67. The summed E-state index contributed by atoms with van der Waals surface area (Å²) in [5.74, 6) is -0.584. The number of halogens is 1. The molecule has 0 unspecified atom stereocenters. The van der Waals surface area contributed by atoms with Crippen molar-refractivity contribution in [2.75, 3.05) is 0 Å². The van der Waals surface area contributed by atoms with Crippen LogP contribution in [0.25, 0.3) is 6.08 Å². The van der Waals surface area contributed by atoms with Crippen LogP contribution in [0.5, 0.6) is 0 Å². The van der Waals surface area contributed by atoms with Crippen molar-refractivity contribution in [3.63, 3.8) is 0 Å². The third kappa shape index (κ3) is 5.16. The summed E-state index contributed by atoms with van der Waals surface area (Å²) in [6, 6.07) is 13.7. The Morgan fingerprint density at radius 1 is 1.11 bits per heavy atom. The average Bonchev–Trinajstić information content (AvgIpc) is 3.35. The highest BCUT2D eigenvalue weighted by atomic mass is 35.5. The van der Waals surface area contributed by atoms with Crippen molar-refractivity contribution < 1.29 is 14.0 Å². The lowest BCUT2D eigenvalue weighted by Gasteiger charge is -2.09. The van der Waals surface area contributed by atoms with E-state index in [9.17, 15) is 9.59 Å². The van der Waals surface area contributed by atoms with E-state index in [1.54, 1.807) is 42.5 Å². The van der Waals surface area contributed by atoms with Crippen molar-refractivity contribution >= 4 is 47.0 Å². The fourth-order valence-electron chi connectivity index (χ4n) is 2.09. The van der Waals surface area contributed by atoms with E-state index in [1.807, 2.05) is 17.5 Å². The lowest BCUT2D eigenvalue weighted by Crippen LogP contribution is -2.32. The highest BCUT2D eigenvalue weighted by Gasteiger charge is 2.16. The second-order valence-electron chi connectivity index (χ2n) is 5.22. The molecule has 1 aromatic carbocycles. The lowest BCUT2D eigenvalue weighted by atomic mass is 10.2. The molecular formula is C19H14ClN3O3S. The predicted molar refractivity (Wildman–Crippen MR) is 106 cm³/mol. The van der Waals surface area contributed by atoms with Crippen LogP contribution < -0.4 is 10.7 Å². The summed E-state index contributed by atoms with van der Waals surface area (Å²) < 4.78 is 5.10. The zero-order chi connectivity index (χ0) is 19.1. The van der Waals surface area contributed by atoms with Gasteiger partial charge in [0.15, 0.2) is 0 Å². The lowest BCUT2D eigenvalue weighted by molar-refractivity contribution is -0.117. The van der Waals surface area contributed by atoms with Gasteiger partial charge >= 0.3 is 0 Å². The number of nitrogens with zero attached hydrogens (tertiary/aromatic N) is 1. The summed E-state index contributed by atoms with van der Waals surface area (Å²) in [5, 5.41) is 8.58. The van der Waals surface area contributed by atoms with Crippen LogP contribution in [-0.4, -0.2) is 18.0 Å². The smallest absolute Gasteiger partial charge is 0.287 e. The minimum Gasteiger partial charge on any atom is -0.463 e. The molecule has 0 atom stereocenters. The van der Waals surface area contributed by atoms with Crippen molar-refractivity contribution in [2.24, 2.45) is 5.10 Å². The molecule has 0 fully saturated rings. The minimum atomic E-state index is -0.577. The summed E-state index contributed by atoms with van der Waals surface area (Å²) in [7, 11) is 0. The molecule has 0 radical (unpaired) electrons. The molecule has 2 aromatic heterocycles. The van der Waals surface area contributed by atoms with E-state index in [1.165, 1.54) is 23.8 Å². The van der Waals surface area contributed by atoms with E-state index in [0.717, 1.165) is 4.88 Å². The maximum Gasteiger partial charge on any atom is 0.287 e. The normalized spacial score (nSPS) is 11.5. The Bertz CT molecular complexity index is 980. The van der Waals surface area contributed by atoms with E-state index >= 15 is 0 Å². The fourth-order valence-corrected chi connectivity index (χ4v) is 2.97. The Labute approximate surface area is 164 Å². The van der Waals surface area contributed by atoms with Crippen molar-refractivity contribution in [3.05, 3.63) is 87.1 Å². The number of benzene rings is 1. The number of furan rings is 1. The molecule has 0 aliphatic rings. The molecule has 0 spiro atoms. The highest BCUT2D eigenvalue weighted by Crippen LogP contribution is 2.16. The number of hydrogen-bond acceptors (Lipinski definition) is 5. The first-order valence-electron chi connectivity index (χ1n) is 7.81. The van der Waals surface area contributed by atoms with Crippen molar-refractivity contribution in [1.82, 2.24) is 10.7 Å². The van der Waals surface area contributed by atoms with Gasteiger partial charge in [0, 0.05) is 4.88 Å². The number of hydrazone groups is 1. The third-order valence-corrected chi connectivity index (χ3v) is 4.49. The quantitative estimate of drug-likeness (QED) is 0.374. The number of amides is 2. The molecule has 2 N–H and O–H groups in total. The molecule has 2 heterocycles. The molecule has 2 amide bonds. The van der Waals surface area contributed by atoms with Crippen LogP contribution in [-0.2, 0) is 4.79 Å². The van der Waals surface area contributed by atoms with Gasteiger partial charge in [-0.25, -0.2) is 5.43 Å². The number of thiophene rings is 1. The van der Waals surface area contributed by atoms with Gasteiger partial charge in [0.25, 0.3) is 11.8 Å². The summed E-state index contributed by atoms with van der Waals surface area (Å²) in [6.45, 7) is 0. The molecule has 8 heteroatoms. The molecule has 0 aliphatic heterocycles. The van der Waals surface area contributed by atoms with Crippen molar-refractivity contribution in [1.29, 1.82) is 0 Å². The first kappa shape index (κ1) is 18.6. The Balaban J connectivity index is 1.78. The van der Waals surface area contributed by atoms with Gasteiger partial charge in [0.1, 0.15) is 11.5 Å². The molecule has 0 saturated carbocycles. The molecular weight excluding hydrogens is 386 g/mol. The molecule has 3 aromatic rings. The standard InChI is InChI=1S/C19H14ClN3O3S/c20-16-8-2-1-7-15(16)18(24)22-17(11-14-6-4-10-27-14)19(25)23-21-12-13-5-3-9-26-13/h1-12H,(H,22,24)(H,23,25)/b17-11+,21-12+. The van der Waals surface area contributed by atoms with E-state index in [0.29, 0.717) is 10.8 Å². The van der Waals surface area contributed by atoms with E-state index in [2.05, 4.69) is 15.8 Å². The number of nitrogens with one attached hydrogen (secondary N) is 2. The van der Waals surface area contributed by atoms with E-state index < -0.39 is 11.8 Å². The van der Waals surface area contributed by atoms with Crippen LogP contribution in [0.15, 0.2) is 75.4 Å². The van der Waals surface area contributed by atoms with Crippen LogP contribution in [0.2, 0.25) is 5.02 Å². The summed E-state index contributed by atoms with van der Waals surface area (Å²) in [6.07, 6.45) is 4.42. The van der Waals surface area contributed by atoms with Gasteiger partial charge < -0.3 is 9.73 Å². The largest absolute Gasteiger partial charge is 0.463 e. The fraction of sp³-hybridized carbons (Fsp3) is 0. The van der Waals surface area contributed by atoms with Gasteiger partial charge in [0.05, 0.1) is 23.1 Å². The molecule has 6 nitrogen and oxygen atoms in total. The Kier molecular flexibility index (Phi) is 6.19. The monoisotopic (exact) mass is 399 g/mol. The van der Waals surface area contributed by atoms with Crippen LogP contribution in [0.4, 0.5) is 0 Å².